The molecule has 16 heteroatoms. The lowest BCUT2D eigenvalue weighted by Crippen LogP contribution is -2.48. The lowest BCUT2D eigenvalue weighted by atomic mass is 10.1. The summed E-state index contributed by atoms with van der Waals surface area (Å²) in [6, 6.07) is 5.54. The number of alkyl halides is 2. The number of likely N-dealkylation sites (tertiary alicyclic amines) is 1. The first-order valence-corrected chi connectivity index (χ1v) is 14.4. The van der Waals surface area contributed by atoms with Crippen LogP contribution >= 0.6 is 11.6 Å². The largest absolute Gasteiger partial charge is 0.444 e. The number of anilines is 1. The molecule has 0 radical (unpaired) electrons. The van der Waals surface area contributed by atoms with Crippen LogP contribution in [0.15, 0.2) is 49.1 Å². The molecule has 2 N–H and O–H groups in total. The number of rotatable bonds is 8. The molecule has 1 aliphatic heterocycles. The molecule has 3 amide bonds. The SMILES string of the molecule is CC(C)(C)OC(=O)NC1CCN(C(=O)Cn2cc(NC(=O)c3cnn4cccnc34)c(-c3cc(Cl)ccc3OC(F)F)n2)CC1. The van der Waals surface area contributed by atoms with Crippen molar-refractivity contribution in [1.82, 2.24) is 34.6 Å². The van der Waals surface area contributed by atoms with Crippen LogP contribution in [0.25, 0.3) is 16.9 Å². The Bertz CT molecular complexity index is 1710. The molecule has 0 unspecified atom stereocenters. The van der Waals surface area contributed by atoms with E-state index >= 15 is 0 Å². The van der Waals surface area contributed by atoms with Crippen LogP contribution in [-0.2, 0) is 16.1 Å². The van der Waals surface area contributed by atoms with Crippen molar-refractivity contribution >= 4 is 40.8 Å². The number of alkyl carbamates (subject to hydrolysis) is 1. The summed E-state index contributed by atoms with van der Waals surface area (Å²) in [6.45, 7) is 2.77. The third-order valence-corrected chi connectivity index (χ3v) is 7.05. The van der Waals surface area contributed by atoms with Crippen LogP contribution in [0.5, 0.6) is 5.75 Å². The third-order valence-electron chi connectivity index (χ3n) is 6.81. The molecule has 3 aromatic heterocycles. The number of halogens is 3. The van der Waals surface area contributed by atoms with E-state index in [2.05, 4.69) is 25.8 Å². The Kier molecular flexibility index (Phi) is 9.18. The number of amides is 3. The van der Waals surface area contributed by atoms with Gasteiger partial charge in [-0.25, -0.2) is 14.3 Å². The average Bonchev–Trinajstić information content (AvgIpc) is 3.57. The molecule has 45 heavy (non-hydrogen) atoms. The van der Waals surface area contributed by atoms with Crippen LogP contribution in [0.1, 0.15) is 44.0 Å². The molecule has 1 aromatic carbocycles. The number of carbonyl (C=O) groups excluding carboxylic acids is 3. The summed E-state index contributed by atoms with van der Waals surface area (Å²) in [5, 5.41) is 14.4. The summed E-state index contributed by atoms with van der Waals surface area (Å²) >= 11 is 6.20. The van der Waals surface area contributed by atoms with Gasteiger partial charge in [-0.1, -0.05) is 11.6 Å². The van der Waals surface area contributed by atoms with E-state index in [9.17, 15) is 23.2 Å². The van der Waals surface area contributed by atoms with Gasteiger partial charge in [0, 0.05) is 48.3 Å². The fourth-order valence-electron chi connectivity index (χ4n) is 4.84. The summed E-state index contributed by atoms with van der Waals surface area (Å²) in [5.74, 6) is -1.08. The van der Waals surface area contributed by atoms with Gasteiger partial charge in [0.15, 0.2) is 5.65 Å². The van der Waals surface area contributed by atoms with Gasteiger partial charge in [0.25, 0.3) is 5.91 Å². The highest BCUT2D eigenvalue weighted by atomic mass is 35.5. The van der Waals surface area contributed by atoms with Crippen LogP contribution in [0.2, 0.25) is 5.02 Å². The van der Waals surface area contributed by atoms with Crippen molar-refractivity contribution in [2.45, 2.75) is 58.4 Å². The van der Waals surface area contributed by atoms with Crippen molar-refractivity contribution < 1.29 is 32.6 Å². The molecule has 238 valence electrons. The maximum Gasteiger partial charge on any atom is 0.407 e. The van der Waals surface area contributed by atoms with Gasteiger partial charge < -0.3 is 25.0 Å². The van der Waals surface area contributed by atoms with Crippen LogP contribution in [0, 0.1) is 0 Å². The topological polar surface area (TPSA) is 145 Å². The number of hydrogen-bond acceptors (Lipinski definition) is 8. The minimum atomic E-state index is -3.13. The van der Waals surface area contributed by atoms with E-state index in [4.69, 9.17) is 21.1 Å². The van der Waals surface area contributed by atoms with E-state index in [1.165, 1.54) is 46.0 Å². The molecule has 1 saturated heterocycles. The van der Waals surface area contributed by atoms with Crippen molar-refractivity contribution in [3.8, 4) is 17.0 Å². The van der Waals surface area contributed by atoms with Crippen LogP contribution in [0.4, 0.5) is 19.3 Å². The molecule has 13 nitrogen and oxygen atoms in total. The molecule has 1 fully saturated rings. The minimum Gasteiger partial charge on any atom is -0.444 e. The molecular formula is C29H31ClF2N8O5. The number of nitrogens with one attached hydrogen (secondary N) is 2. The molecule has 1 aliphatic rings. The van der Waals surface area contributed by atoms with Gasteiger partial charge in [-0.05, 0) is 57.9 Å². The standard InChI is InChI=1S/C29H31ClF2N8O5/c1-29(2,3)45-28(43)35-18-7-11-38(12-8-18)23(41)16-39-15-21(36-26(42)20-14-34-40-10-4-9-33-25(20)40)24(37-39)19-13-17(30)5-6-22(19)44-27(31)32/h4-6,9-10,13-15,18,27H,7-8,11-12,16H2,1-3H3,(H,35,43)(H,36,42). The Morgan fingerprint density at radius 1 is 1.18 bits per heavy atom. The van der Waals surface area contributed by atoms with Crippen molar-refractivity contribution in [2.24, 2.45) is 0 Å². The van der Waals surface area contributed by atoms with E-state index < -0.39 is 24.2 Å². The van der Waals surface area contributed by atoms with Crippen molar-refractivity contribution in [2.75, 3.05) is 18.4 Å². The normalized spacial score (nSPS) is 14.1. The maximum atomic E-state index is 13.3. The summed E-state index contributed by atoms with van der Waals surface area (Å²) in [7, 11) is 0. The van der Waals surface area contributed by atoms with Crippen molar-refractivity contribution in [3.63, 3.8) is 0 Å². The number of piperidine rings is 1. The molecule has 0 saturated carbocycles. The number of aromatic nitrogens is 5. The van der Waals surface area contributed by atoms with Crippen LogP contribution in [-0.4, -0.2) is 78.5 Å². The molecule has 5 rings (SSSR count). The first-order valence-electron chi connectivity index (χ1n) is 14.1. The van der Waals surface area contributed by atoms with Gasteiger partial charge in [-0.3, -0.25) is 14.3 Å². The fourth-order valence-corrected chi connectivity index (χ4v) is 5.01. The Balaban J connectivity index is 1.36. The molecule has 0 atom stereocenters. The molecule has 0 spiro atoms. The average molecular weight is 645 g/mol. The third kappa shape index (κ3) is 7.84. The Labute approximate surface area is 261 Å². The van der Waals surface area contributed by atoms with Gasteiger partial charge in [-0.15, -0.1) is 0 Å². The monoisotopic (exact) mass is 644 g/mol. The zero-order valence-corrected chi connectivity index (χ0v) is 25.4. The molecule has 4 heterocycles. The van der Waals surface area contributed by atoms with E-state index in [0.29, 0.717) is 31.6 Å². The number of carbonyl (C=O) groups is 3. The smallest absolute Gasteiger partial charge is 0.407 e. The molecule has 4 aromatic rings. The predicted molar refractivity (Wildman–Crippen MR) is 159 cm³/mol. The molecule has 0 bridgehead atoms. The first-order chi connectivity index (χ1) is 21.4. The second-order valence-corrected chi connectivity index (χ2v) is 11.7. The summed E-state index contributed by atoms with van der Waals surface area (Å²) in [6.07, 6.45) is 6.46. The van der Waals surface area contributed by atoms with Crippen molar-refractivity contribution in [1.29, 1.82) is 0 Å². The second kappa shape index (κ2) is 13.1. The van der Waals surface area contributed by atoms with E-state index in [-0.39, 0.29) is 51.8 Å². The van der Waals surface area contributed by atoms with Gasteiger partial charge in [0.2, 0.25) is 5.91 Å². The highest BCUT2D eigenvalue weighted by Gasteiger charge is 2.27. The Morgan fingerprint density at radius 3 is 2.64 bits per heavy atom. The number of nitrogens with zero attached hydrogens (tertiary/aromatic N) is 6. The Morgan fingerprint density at radius 2 is 1.93 bits per heavy atom. The van der Waals surface area contributed by atoms with E-state index in [1.54, 1.807) is 37.9 Å². The molecule has 0 aliphatic carbocycles. The molecular weight excluding hydrogens is 614 g/mol. The number of benzene rings is 1. The zero-order chi connectivity index (χ0) is 32.3. The highest BCUT2D eigenvalue weighted by molar-refractivity contribution is 6.31. The van der Waals surface area contributed by atoms with Gasteiger partial charge in [-0.2, -0.15) is 19.0 Å². The van der Waals surface area contributed by atoms with E-state index in [1.807, 2.05) is 0 Å². The lowest BCUT2D eigenvalue weighted by molar-refractivity contribution is -0.133. The Hall–Kier alpha value is -4.79. The van der Waals surface area contributed by atoms with Crippen LogP contribution < -0.4 is 15.4 Å². The number of ether oxygens (including phenoxy) is 2. The predicted octanol–water partition coefficient (Wildman–Crippen LogP) is 4.62. The van der Waals surface area contributed by atoms with Crippen LogP contribution in [0.3, 0.4) is 0 Å². The first kappa shape index (κ1) is 31.6. The van der Waals surface area contributed by atoms with E-state index in [0.717, 1.165) is 0 Å². The van der Waals surface area contributed by atoms with Gasteiger partial charge in [0.1, 0.15) is 29.2 Å². The zero-order valence-electron chi connectivity index (χ0n) is 24.7. The number of fused-ring (bicyclic) bond motifs is 1. The minimum absolute atomic E-state index is 0.0546. The lowest BCUT2D eigenvalue weighted by Gasteiger charge is -2.32. The van der Waals surface area contributed by atoms with Gasteiger partial charge in [0.05, 0.1) is 11.9 Å². The van der Waals surface area contributed by atoms with Gasteiger partial charge >= 0.3 is 12.7 Å². The quantitative estimate of drug-likeness (QED) is 0.283. The highest BCUT2D eigenvalue weighted by Crippen LogP contribution is 2.37. The summed E-state index contributed by atoms with van der Waals surface area (Å²) in [5.41, 5.74) is 0.0830. The summed E-state index contributed by atoms with van der Waals surface area (Å²) in [4.78, 5) is 44.6. The maximum absolute atomic E-state index is 13.3. The van der Waals surface area contributed by atoms with Crippen molar-refractivity contribution in [3.05, 3.63) is 59.6 Å². The fraction of sp³-hybridized carbons (Fsp3) is 0.379. The summed E-state index contributed by atoms with van der Waals surface area (Å²) < 4.78 is 39.3. The number of hydrogen-bond donors (Lipinski definition) is 2. The second-order valence-electron chi connectivity index (χ2n) is 11.3.